The number of aromatic nitrogens is 2. The molecule has 0 aliphatic carbocycles. The molecule has 0 unspecified atom stereocenters. The lowest BCUT2D eigenvalue weighted by atomic mass is 9.93. The number of carbonyl (C=O) groups is 1. The summed E-state index contributed by atoms with van der Waals surface area (Å²) >= 11 is 0. The van der Waals surface area contributed by atoms with E-state index in [-0.39, 0.29) is 5.91 Å². The van der Waals surface area contributed by atoms with E-state index < -0.39 is 5.41 Å². The van der Waals surface area contributed by atoms with Crippen molar-refractivity contribution in [2.75, 3.05) is 17.3 Å². The summed E-state index contributed by atoms with van der Waals surface area (Å²) in [5, 5.41) is 3.14. The van der Waals surface area contributed by atoms with Crippen molar-refractivity contribution in [2.45, 2.75) is 34.1 Å². The summed E-state index contributed by atoms with van der Waals surface area (Å²) in [7, 11) is 0. The molecule has 1 amide bonds. The second kappa shape index (κ2) is 5.83. The molecule has 106 valence electrons. The van der Waals surface area contributed by atoms with Crippen LogP contribution in [0.5, 0.6) is 0 Å². The molecule has 7 heteroatoms. The van der Waals surface area contributed by atoms with Crippen LogP contribution in [0.15, 0.2) is 0 Å². The standard InChI is InChI=1S/C12H22N6O/c1-5-8-16-9(7(2)10(17-8)18-14)15-6-12(3,4)11(13)19/h5-6,14H2,1-4H3,(H2,13,19)(H2,15,16,17,18). The lowest BCUT2D eigenvalue weighted by Gasteiger charge is -2.22. The molecule has 1 heterocycles. The van der Waals surface area contributed by atoms with E-state index in [9.17, 15) is 4.79 Å². The molecule has 0 aromatic carbocycles. The number of carbonyl (C=O) groups excluding carboxylic acids is 1. The van der Waals surface area contributed by atoms with Crippen LogP contribution in [0.2, 0.25) is 0 Å². The number of hydrazine groups is 1. The maximum absolute atomic E-state index is 11.3. The molecule has 0 spiro atoms. The summed E-state index contributed by atoms with van der Waals surface area (Å²) < 4.78 is 0. The molecule has 0 aliphatic heterocycles. The SMILES string of the molecule is CCc1nc(NN)c(C)c(NCC(C)(C)C(N)=O)n1. The molecule has 1 rings (SSSR count). The van der Waals surface area contributed by atoms with E-state index in [0.29, 0.717) is 30.4 Å². The minimum atomic E-state index is -0.653. The number of amides is 1. The lowest BCUT2D eigenvalue weighted by molar-refractivity contribution is -0.125. The number of nitrogen functional groups attached to an aromatic ring is 1. The van der Waals surface area contributed by atoms with Crippen LogP contribution in [0.4, 0.5) is 11.6 Å². The molecule has 6 N–H and O–H groups in total. The third kappa shape index (κ3) is 3.54. The molecule has 0 saturated carbocycles. The van der Waals surface area contributed by atoms with Crippen LogP contribution in [-0.2, 0) is 11.2 Å². The Labute approximate surface area is 113 Å². The van der Waals surface area contributed by atoms with Crippen LogP contribution >= 0.6 is 0 Å². The van der Waals surface area contributed by atoms with Crippen LogP contribution in [0, 0.1) is 12.3 Å². The van der Waals surface area contributed by atoms with E-state index in [0.717, 1.165) is 5.56 Å². The summed E-state index contributed by atoms with van der Waals surface area (Å²) in [6.07, 6.45) is 0.697. The molecule has 0 aliphatic rings. The number of aryl methyl sites for hydroxylation is 1. The van der Waals surface area contributed by atoms with Crippen molar-refractivity contribution >= 4 is 17.5 Å². The highest BCUT2D eigenvalue weighted by Crippen LogP contribution is 2.21. The van der Waals surface area contributed by atoms with Crippen LogP contribution in [0.1, 0.15) is 32.2 Å². The fourth-order valence-corrected chi connectivity index (χ4v) is 1.43. The Balaban J connectivity index is 2.98. The topological polar surface area (TPSA) is 119 Å². The normalized spacial score (nSPS) is 11.2. The maximum atomic E-state index is 11.3. The first-order valence-corrected chi connectivity index (χ1v) is 6.19. The van der Waals surface area contributed by atoms with Gasteiger partial charge >= 0.3 is 0 Å². The van der Waals surface area contributed by atoms with Crippen LogP contribution in [0.3, 0.4) is 0 Å². The lowest BCUT2D eigenvalue weighted by Crippen LogP contribution is -2.37. The molecule has 0 fully saturated rings. The zero-order chi connectivity index (χ0) is 14.6. The van der Waals surface area contributed by atoms with Crippen molar-refractivity contribution < 1.29 is 4.79 Å². The number of nitrogens with zero attached hydrogens (tertiary/aromatic N) is 2. The molecular weight excluding hydrogens is 244 g/mol. The second-order valence-corrected chi connectivity index (χ2v) is 5.06. The van der Waals surface area contributed by atoms with Gasteiger partial charge in [0.15, 0.2) is 0 Å². The van der Waals surface area contributed by atoms with Crippen LogP contribution in [-0.4, -0.2) is 22.4 Å². The maximum Gasteiger partial charge on any atom is 0.224 e. The van der Waals surface area contributed by atoms with Gasteiger partial charge in [-0.1, -0.05) is 6.92 Å². The summed E-state index contributed by atoms with van der Waals surface area (Å²) in [6, 6.07) is 0. The first kappa shape index (κ1) is 15.2. The predicted molar refractivity (Wildman–Crippen MR) is 75.4 cm³/mol. The third-order valence-electron chi connectivity index (χ3n) is 3.01. The van der Waals surface area contributed by atoms with Crippen molar-refractivity contribution in [1.29, 1.82) is 0 Å². The quantitative estimate of drug-likeness (QED) is 0.441. The largest absolute Gasteiger partial charge is 0.369 e. The molecule has 0 radical (unpaired) electrons. The Bertz CT molecular complexity index is 472. The van der Waals surface area contributed by atoms with E-state index in [1.165, 1.54) is 0 Å². The predicted octanol–water partition coefficient (Wildman–Crippen LogP) is 0.556. The Morgan fingerprint density at radius 2 is 1.89 bits per heavy atom. The number of primary amides is 1. The molecule has 1 aromatic heterocycles. The van der Waals surface area contributed by atoms with Crippen molar-refractivity contribution in [3.8, 4) is 0 Å². The number of hydrogen-bond donors (Lipinski definition) is 4. The van der Waals surface area contributed by atoms with Gasteiger partial charge in [-0.25, -0.2) is 15.8 Å². The Morgan fingerprint density at radius 3 is 2.37 bits per heavy atom. The van der Waals surface area contributed by atoms with Crippen molar-refractivity contribution in [2.24, 2.45) is 17.0 Å². The number of rotatable bonds is 6. The minimum absolute atomic E-state index is 0.361. The third-order valence-corrected chi connectivity index (χ3v) is 3.01. The van der Waals surface area contributed by atoms with Crippen LogP contribution < -0.4 is 22.3 Å². The van der Waals surface area contributed by atoms with Gasteiger partial charge in [0.05, 0.1) is 5.41 Å². The molecular formula is C12H22N6O. The highest BCUT2D eigenvalue weighted by Gasteiger charge is 2.25. The first-order chi connectivity index (χ1) is 8.81. The van der Waals surface area contributed by atoms with Gasteiger partial charge in [-0.15, -0.1) is 0 Å². The van der Waals surface area contributed by atoms with Gasteiger partial charge in [-0.05, 0) is 20.8 Å². The second-order valence-electron chi connectivity index (χ2n) is 5.06. The van der Waals surface area contributed by atoms with E-state index in [2.05, 4.69) is 20.7 Å². The summed E-state index contributed by atoms with van der Waals surface area (Å²) in [4.78, 5) is 20.0. The Morgan fingerprint density at radius 1 is 1.32 bits per heavy atom. The van der Waals surface area contributed by atoms with Crippen molar-refractivity contribution in [3.63, 3.8) is 0 Å². The fraction of sp³-hybridized carbons (Fsp3) is 0.583. The molecule has 0 saturated heterocycles. The van der Waals surface area contributed by atoms with E-state index >= 15 is 0 Å². The zero-order valence-electron chi connectivity index (χ0n) is 11.9. The smallest absolute Gasteiger partial charge is 0.224 e. The van der Waals surface area contributed by atoms with Crippen LogP contribution in [0.25, 0.3) is 0 Å². The van der Waals surface area contributed by atoms with Gasteiger partial charge in [0.1, 0.15) is 17.5 Å². The van der Waals surface area contributed by atoms with E-state index in [1.807, 2.05) is 13.8 Å². The molecule has 0 bridgehead atoms. The molecule has 1 aromatic rings. The minimum Gasteiger partial charge on any atom is -0.369 e. The first-order valence-electron chi connectivity index (χ1n) is 6.19. The van der Waals surface area contributed by atoms with Gasteiger partial charge in [0.25, 0.3) is 0 Å². The van der Waals surface area contributed by atoms with E-state index in [1.54, 1.807) is 13.8 Å². The highest BCUT2D eigenvalue weighted by atomic mass is 16.1. The zero-order valence-corrected chi connectivity index (χ0v) is 11.9. The number of nitrogens with one attached hydrogen (secondary N) is 2. The van der Waals surface area contributed by atoms with Crippen molar-refractivity contribution in [3.05, 3.63) is 11.4 Å². The molecule has 7 nitrogen and oxygen atoms in total. The molecule has 0 atom stereocenters. The van der Waals surface area contributed by atoms with Gasteiger partial charge in [-0.3, -0.25) is 4.79 Å². The van der Waals surface area contributed by atoms with Crippen molar-refractivity contribution in [1.82, 2.24) is 9.97 Å². The summed E-state index contributed by atoms with van der Waals surface area (Å²) in [5.41, 5.74) is 8.04. The van der Waals surface area contributed by atoms with Gasteiger partial charge in [-0.2, -0.15) is 0 Å². The summed E-state index contributed by atoms with van der Waals surface area (Å²) in [5.74, 6) is 6.98. The van der Waals surface area contributed by atoms with Gasteiger partial charge < -0.3 is 16.5 Å². The highest BCUT2D eigenvalue weighted by molar-refractivity contribution is 5.80. The Kier molecular flexibility index (Phi) is 4.66. The monoisotopic (exact) mass is 266 g/mol. The fourth-order valence-electron chi connectivity index (χ4n) is 1.43. The summed E-state index contributed by atoms with van der Waals surface area (Å²) in [6.45, 7) is 7.77. The number of anilines is 2. The molecule has 19 heavy (non-hydrogen) atoms. The average molecular weight is 266 g/mol. The van der Waals surface area contributed by atoms with E-state index in [4.69, 9.17) is 11.6 Å². The van der Waals surface area contributed by atoms with Gasteiger partial charge in [0.2, 0.25) is 5.91 Å². The van der Waals surface area contributed by atoms with Gasteiger partial charge in [0, 0.05) is 18.5 Å². The average Bonchev–Trinajstić information content (AvgIpc) is 2.37. The number of hydrogen-bond acceptors (Lipinski definition) is 6. The Hall–Kier alpha value is -1.89. The number of nitrogens with two attached hydrogens (primary N) is 2.